The van der Waals surface area contributed by atoms with E-state index in [0.29, 0.717) is 6.07 Å². The van der Waals surface area contributed by atoms with Crippen LogP contribution in [0.2, 0.25) is 0 Å². The van der Waals surface area contributed by atoms with Crippen LogP contribution in [0.25, 0.3) is 0 Å². The van der Waals surface area contributed by atoms with Gasteiger partial charge in [-0.3, -0.25) is 19.9 Å². The Labute approximate surface area is 112 Å². The van der Waals surface area contributed by atoms with Gasteiger partial charge in [-0.1, -0.05) is 12.1 Å². The van der Waals surface area contributed by atoms with E-state index in [9.17, 15) is 23.7 Å². The highest BCUT2D eigenvalue weighted by molar-refractivity contribution is 6.10. The summed E-state index contributed by atoms with van der Waals surface area (Å²) < 4.78 is 25.1. The van der Waals surface area contributed by atoms with Gasteiger partial charge < -0.3 is 0 Å². The molecule has 0 unspecified atom stereocenters. The maximum absolute atomic E-state index is 12.5. The predicted molar refractivity (Wildman–Crippen MR) is 65.7 cm³/mol. The minimum atomic E-state index is -2.84. The number of halogens is 2. The van der Waals surface area contributed by atoms with Crippen molar-refractivity contribution in [3.8, 4) is 0 Å². The van der Waals surface area contributed by atoms with Gasteiger partial charge in [0.1, 0.15) is 11.3 Å². The molecule has 1 aromatic carbocycles. The molecular formula is C13H8F2N2O3. The van der Waals surface area contributed by atoms with Crippen molar-refractivity contribution in [2.75, 3.05) is 0 Å². The van der Waals surface area contributed by atoms with Gasteiger partial charge >= 0.3 is 0 Å². The van der Waals surface area contributed by atoms with Crippen LogP contribution in [0.5, 0.6) is 0 Å². The fourth-order valence-corrected chi connectivity index (χ4v) is 1.66. The highest BCUT2D eigenvalue weighted by atomic mass is 19.3. The number of hydrogen-bond acceptors (Lipinski definition) is 4. The lowest BCUT2D eigenvalue weighted by Gasteiger charge is -2.04. The van der Waals surface area contributed by atoms with Crippen LogP contribution >= 0.6 is 0 Å². The van der Waals surface area contributed by atoms with Crippen molar-refractivity contribution in [1.82, 2.24) is 4.98 Å². The second kappa shape index (κ2) is 5.52. The van der Waals surface area contributed by atoms with Gasteiger partial charge in [0.2, 0.25) is 5.78 Å². The van der Waals surface area contributed by atoms with Crippen molar-refractivity contribution in [3.63, 3.8) is 0 Å². The minimum absolute atomic E-state index is 0.0143. The fourth-order valence-electron chi connectivity index (χ4n) is 1.66. The first-order chi connectivity index (χ1) is 9.50. The topological polar surface area (TPSA) is 73.1 Å². The van der Waals surface area contributed by atoms with Crippen molar-refractivity contribution >= 4 is 11.5 Å². The van der Waals surface area contributed by atoms with E-state index >= 15 is 0 Å². The first-order valence-corrected chi connectivity index (χ1v) is 5.53. The number of rotatable bonds is 4. The summed E-state index contributed by atoms with van der Waals surface area (Å²) in [5, 5.41) is 10.9. The Morgan fingerprint density at radius 2 is 2.00 bits per heavy atom. The Bertz CT molecular complexity index is 660. The van der Waals surface area contributed by atoms with Gasteiger partial charge in [0.05, 0.1) is 4.92 Å². The summed E-state index contributed by atoms with van der Waals surface area (Å²) in [7, 11) is 0. The van der Waals surface area contributed by atoms with E-state index in [1.165, 1.54) is 12.3 Å². The maximum atomic E-state index is 12.5. The minimum Gasteiger partial charge on any atom is -0.287 e. The molecule has 0 amide bonds. The largest absolute Gasteiger partial charge is 0.287 e. The number of benzene rings is 1. The molecule has 0 radical (unpaired) electrons. The molecule has 102 valence electrons. The Balaban J connectivity index is 2.51. The SMILES string of the molecule is O=C(c1ccccn1)c1ccc(C(F)F)cc1[N+](=O)[O-]. The molecule has 0 bridgehead atoms. The third-order valence-corrected chi connectivity index (χ3v) is 2.61. The van der Waals surface area contributed by atoms with Crippen LogP contribution in [0.3, 0.4) is 0 Å². The molecule has 0 saturated carbocycles. The molecular weight excluding hydrogens is 270 g/mol. The molecule has 0 aliphatic heterocycles. The molecule has 0 aliphatic carbocycles. The number of ketones is 1. The molecule has 7 heteroatoms. The van der Waals surface area contributed by atoms with Crippen LogP contribution in [-0.4, -0.2) is 15.7 Å². The molecule has 20 heavy (non-hydrogen) atoms. The predicted octanol–water partition coefficient (Wildman–Crippen LogP) is 3.16. The lowest BCUT2D eigenvalue weighted by atomic mass is 10.0. The van der Waals surface area contributed by atoms with E-state index in [-0.39, 0.29) is 11.3 Å². The lowest BCUT2D eigenvalue weighted by molar-refractivity contribution is -0.385. The molecule has 0 saturated heterocycles. The first-order valence-electron chi connectivity index (χ1n) is 5.53. The summed E-state index contributed by atoms with van der Waals surface area (Å²) >= 11 is 0. The van der Waals surface area contributed by atoms with Crippen LogP contribution < -0.4 is 0 Å². The van der Waals surface area contributed by atoms with Crippen LogP contribution in [0, 0.1) is 10.1 Å². The summed E-state index contributed by atoms with van der Waals surface area (Å²) in [6.45, 7) is 0. The molecule has 0 fully saturated rings. The second-order valence-corrected chi connectivity index (χ2v) is 3.88. The Morgan fingerprint density at radius 1 is 1.25 bits per heavy atom. The van der Waals surface area contributed by atoms with E-state index in [1.54, 1.807) is 12.1 Å². The van der Waals surface area contributed by atoms with Crippen molar-refractivity contribution in [2.45, 2.75) is 6.43 Å². The molecule has 0 N–H and O–H groups in total. The van der Waals surface area contributed by atoms with Crippen molar-refractivity contribution in [2.24, 2.45) is 0 Å². The number of carbonyl (C=O) groups is 1. The quantitative estimate of drug-likeness (QED) is 0.489. The zero-order chi connectivity index (χ0) is 14.7. The van der Waals surface area contributed by atoms with Crippen LogP contribution in [0.15, 0.2) is 42.6 Å². The molecule has 5 nitrogen and oxygen atoms in total. The van der Waals surface area contributed by atoms with Gasteiger partial charge in [0.25, 0.3) is 12.1 Å². The van der Waals surface area contributed by atoms with E-state index < -0.39 is 28.4 Å². The number of nitro groups is 1. The third kappa shape index (κ3) is 2.66. The molecule has 1 aromatic heterocycles. The molecule has 2 aromatic rings. The van der Waals surface area contributed by atoms with Gasteiger partial charge in [-0.15, -0.1) is 0 Å². The standard InChI is InChI=1S/C13H8F2N2O3/c14-13(15)8-4-5-9(11(7-8)17(19)20)12(18)10-3-1-2-6-16-10/h1-7,13H. The molecule has 2 rings (SSSR count). The van der Waals surface area contributed by atoms with E-state index in [0.717, 1.165) is 12.1 Å². The highest BCUT2D eigenvalue weighted by Crippen LogP contribution is 2.27. The average Bonchev–Trinajstić information content (AvgIpc) is 2.46. The number of nitro benzene ring substituents is 1. The van der Waals surface area contributed by atoms with Gasteiger partial charge in [0.15, 0.2) is 0 Å². The lowest BCUT2D eigenvalue weighted by Crippen LogP contribution is -2.07. The van der Waals surface area contributed by atoms with Crippen LogP contribution in [0.1, 0.15) is 28.0 Å². The van der Waals surface area contributed by atoms with Crippen molar-refractivity contribution in [1.29, 1.82) is 0 Å². The second-order valence-electron chi connectivity index (χ2n) is 3.88. The zero-order valence-corrected chi connectivity index (χ0v) is 9.99. The average molecular weight is 278 g/mol. The first kappa shape index (κ1) is 13.7. The molecule has 0 spiro atoms. The van der Waals surface area contributed by atoms with E-state index in [2.05, 4.69) is 4.98 Å². The number of pyridine rings is 1. The van der Waals surface area contributed by atoms with Gasteiger partial charge in [-0.05, 0) is 18.2 Å². The van der Waals surface area contributed by atoms with Crippen LogP contribution in [0.4, 0.5) is 14.5 Å². The molecule has 0 atom stereocenters. The third-order valence-electron chi connectivity index (χ3n) is 2.61. The number of carbonyl (C=O) groups excluding carboxylic acids is 1. The van der Waals surface area contributed by atoms with Crippen LogP contribution in [-0.2, 0) is 0 Å². The zero-order valence-electron chi connectivity index (χ0n) is 9.99. The molecule has 1 heterocycles. The normalized spacial score (nSPS) is 10.6. The van der Waals surface area contributed by atoms with Crippen molar-refractivity contribution < 1.29 is 18.5 Å². The summed E-state index contributed by atoms with van der Waals surface area (Å²) in [4.78, 5) is 26.0. The highest BCUT2D eigenvalue weighted by Gasteiger charge is 2.24. The summed E-state index contributed by atoms with van der Waals surface area (Å²) in [6, 6.07) is 7.27. The summed E-state index contributed by atoms with van der Waals surface area (Å²) in [5.41, 5.74) is -1.41. The Hall–Kier alpha value is -2.70. The fraction of sp³-hybridized carbons (Fsp3) is 0.0769. The smallest absolute Gasteiger partial charge is 0.281 e. The summed E-state index contributed by atoms with van der Waals surface area (Å²) in [5.74, 6) is -0.682. The van der Waals surface area contributed by atoms with Gasteiger partial charge in [-0.2, -0.15) is 0 Å². The number of alkyl halides is 2. The molecule has 0 aliphatic rings. The number of nitrogens with zero attached hydrogens (tertiary/aromatic N) is 2. The number of aromatic nitrogens is 1. The monoisotopic (exact) mass is 278 g/mol. The van der Waals surface area contributed by atoms with E-state index in [4.69, 9.17) is 0 Å². The Kier molecular flexibility index (Phi) is 3.79. The van der Waals surface area contributed by atoms with Gasteiger partial charge in [0, 0.05) is 17.8 Å². The van der Waals surface area contributed by atoms with Gasteiger partial charge in [-0.25, -0.2) is 8.78 Å². The maximum Gasteiger partial charge on any atom is 0.281 e. The van der Waals surface area contributed by atoms with E-state index in [1.807, 2.05) is 0 Å². The summed E-state index contributed by atoms with van der Waals surface area (Å²) in [6.07, 6.45) is -1.47. The van der Waals surface area contributed by atoms with Crippen molar-refractivity contribution in [3.05, 3.63) is 69.5 Å². The number of hydrogen-bond donors (Lipinski definition) is 0. The Morgan fingerprint density at radius 3 is 2.55 bits per heavy atom.